The summed E-state index contributed by atoms with van der Waals surface area (Å²) in [6.07, 6.45) is 42.0. The van der Waals surface area contributed by atoms with Gasteiger partial charge in [0.05, 0.1) is 40.3 Å². The Labute approximate surface area is 339 Å². The Morgan fingerprint density at radius 1 is 0.527 bits per heavy atom. The zero-order valence-corrected chi connectivity index (χ0v) is 36.6. The third-order valence-electron chi connectivity index (χ3n) is 10.3. The molecule has 8 heteroatoms. The fourth-order valence-electron chi connectivity index (χ4n) is 6.71. The number of esters is 2. The van der Waals surface area contributed by atoms with Gasteiger partial charge in [-0.1, -0.05) is 147 Å². The molecule has 0 saturated carbocycles. The Morgan fingerprint density at radius 3 is 1.33 bits per heavy atom. The van der Waals surface area contributed by atoms with Gasteiger partial charge in [-0.15, -0.1) is 0 Å². The summed E-state index contributed by atoms with van der Waals surface area (Å²) in [5.74, 6) is -1.74. The first-order valence-electron chi connectivity index (χ1n) is 22.9. The third-order valence-corrected chi connectivity index (χ3v) is 10.3. The number of likely N-dealkylation sites (N-methyl/N-ethyl adjacent to an activating group) is 1. The van der Waals surface area contributed by atoms with Gasteiger partial charge in [-0.2, -0.15) is 0 Å². The van der Waals surface area contributed by atoms with E-state index in [4.69, 9.17) is 14.2 Å². The molecule has 2 atom stereocenters. The molecule has 0 heterocycles. The summed E-state index contributed by atoms with van der Waals surface area (Å²) in [4.78, 5) is 36.8. The van der Waals surface area contributed by atoms with Gasteiger partial charge in [0.2, 0.25) is 0 Å². The molecule has 0 amide bonds. The van der Waals surface area contributed by atoms with Crippen LogP contribution >= 0.6 is 0 Å². The molecular formula is C47H87NO7. The maximum Gasteiger partial charge on any atom is 0.306 e. The number of allylic oxidation sites excluding steroid dienone is 4. The van der Waals surface area contributed by atoms with Crippen LogP contribution in [0.25, 0.3) is 0 Å². The monoisotopic (exact) mass is 778 g/mol. The second-order valence-corrected chi connectivity index (χ2v) is 16.6. The van der Waals surface area contributed by atoms with Crippen LogP contribution in [0.15, 0.2) is 24.3 Å². The van der Waals surface area contributed by atoms with Crippen molar-refractivity contribution in [1.82, 2.24) is 0 Å². The molecule has 0 saturated heterocycles. The van der Waals surface area contributed by atoms with E-state index >= 15 is 0 Å². The molecule has 8 nitrogen and oxygen atoms in total. The minimum absolute atomic E-state index is 0.0391. The molecule has 55 heavy (non-hydrogen) atoms. The van der Waals surface area contributed by atoms with Crippen LogP contribution < -0.4 is 5.11 Å². The molecule has 0 aliphatic rings. The molecular weight excluding hydrogens is 691 g/mol. The Bertz CT molecular complexity index is 957. The van der Waals surface area contributed by atoms with E-state index in [0.717, 1.165) is 51.4 Å². The van der Waals surface area contributed by atoms with Crippen molar-refractivity contribution in [3.05, 3.63) is 24.3 Å². The van der Waals surface area contributed by atoms with Crippen molar-refractivity contribution in [3.63, 3.8) is 0 Å². The molecule has 322 valence electrons. The van der Waals surface area contributed by atoms with E-state index < -0.39 is 18.1 Å². The summed E-state index contributed by atoms with van der Waals surface area (Å²) in [5, 5.41) is 11.6. The number of rotatable bonds is 41. The number of hydrogen-bond acceptors (Lipinski definition) is 7. The number of carboxylic acids is 1. The maximum absolute atomic E-state index is 12.7. The smallest absolute Gasteiger partial charge is 0.306 e. The number of carboxylic acid groups (broad SMARTS) is 1. The molecule has 2 unspecified atom stereocenters. The normalized spacial score (nSPS) is 13.1. The van der Waals surface area contributed by atoms with Crippen molar-refractivity contribution >= 4 is 17.9 Å². The van der Waals surface area contributed by atoms with E-state index in [9.17, 15) is 19.5 Å². The van der Waals surface area contributed by atoms with Gasteiger partial charge in [0.25, 0.3) is 0 Å². The van der Waals surface area contributed by atoms with Gasteiger partial charge in [-0.3, -0.25) is 9.59 Å². The van der Waals surface area contributed by atoms with Crippen LogP contribution in [-0.4, -0.2) is 75.5 Å². The van der Waals surface area contributed by atoms with Gasteiger partial charge in [0, 0.05) is 19.3 Å². The quantitative estimate of drug-likeness (QED) is 0.0264. The van der Waals surface area contributed by atoms with Crippen LogP contribution in [0, 0.1) is 0 Å². The van der Waals surface area contributed by atoms with E-state index in [-0.39, 0.29) is 42.7 Å². The van der Waals surface area contributed by atoms with Crippen molar-refractivity contribution in [2.45, 2.75) is 219 Å². The fourth-order valence-corrected chi connectivity index (χ4v) is 6.71. The molecule has 0 aliphatic carbocycles. The largest absolute Gasteiger partial charge is 0.544 e. The second kappa shape index (κ2) is 38.7. The summed E-state index contributed by atoms with van der Waals surface area (Å²) < 4.78 is 17.2. The van der Waals surface area contributed by atoms with E-state index in [1.165, 1.54) is 122 Å². The molecule has 0 bridgehead atoms. The van der Waals surface area contributed by atoms with Gasteiger partial charge in [0.15, 0.2) is 6.10 Å². The van der Waals surface area contributed by atoms with E-state index in [1.807, 2.05) is 0 Å². The number of carbonyl (C=O) groups is 3. The van der Waals surface area contributed by atoms with Gasteiger partial charge in [0.1, 0.15) is 12.6 Å². The number of nitrogens with zero attached hydrogens (tertiary/aromatic N) is 1. The molecule has 0 spiro atoms. The minimum atomic E-state index is -1.13. The molecule has 0 rings (SSSR count). The Hall–Kier alpha value is -2.19. The molecule has 0 aromatic carbocycles. The van der Waals surface area contributed by atoms with Crippen molar-refractivity contribution < 1.29 is 38.2 Å². The minimum Gasteiger partial charge on any atom is -0.544 e. The number of aliphatic carboxylic acids is 1. The van der Waals surface area contributed by atoms with E-state index in [2.05, 4.69) is 38.2 Å². The first kappa shape index (κ1) is 52.8. The van der Waals surface area contributed by atoms with Crippen LogP contribution in [0.5, 0.6) is 0 Å². The van der Waals surface area contributed by atoms with Crippen LogP contribution in [0.1, 0.15) is 206 Å². The third kappa shape index (κ3) is 37.2. The summed E-state index contributed by atoms with van der Waals surface area (Å²) in [6.45, 7) is 4.64. The second-order valence-electron chi connectivity index (χ2n) is 16.6. The van der Waals surface area contributed by atoms with Gasteiger partial charge in [-0.25, -0.2) is 0 Å². The predicted octanol–water partition coefficient (Wildman–Crippen LogP) is 11.1. The number of carbonyl (C=O) groups excluding carboxylic acids is 3. The zero-order valence-electron chi connectivity index (χ0n) is 36.6. The van der Waals surface area contributed by atoms with E-state index in [0.29, 0.717) is 12.8 Å². The maximum atomic E-state index is 12.7. The van der Waals surface area contributed by atoms with Crippen molar-refractivity contribution in [2.24, 2.45) is 0 Å². The first-order valence-corrected chi connectivity index (χ1v) is 22.9. The lowest BCUT2D eigenvalue weighted by Crippen LogP contribution is -2.55. The highest BCUT2D eigenvalue weighted by Crippen LogP contribution is 2.14. The average Bonchev–Trinajstić information content (AvgIpc) is 3.14. The lowest BCUT2D eigenvalue weighted by molar-refractivity contribution is -0.889. The summed E-state index contributed by atoms with van der Waals surface area (Å²) in [7, 11) is 5.41. The topological polar surface area (TPSA) is 102 Å². The number of quaternary nitrogens is 1. The standard InChI is InChI=1S/C47H87NO7/c1-6-8-10-12-14-16-18-20-21-22-23-24-26-28-30-32-34-36-38-46(50)55-43(41-53-40-39-44(47(51)52)48(3,4)5)42-54-45(49)37-35-33-31-29-27-25-19-17-15-13-11-9-7-2/h17,19,21-22,43-44H,6-16,18,20,23-42H2,1-5H3/b19-17-,22-21-. The summed E-state index contributed by atoms with van der Waals surface area (Å²) >= 11 is 0. The van der Waals surface area contributed by atoms with Crippen LogP contribution in [0.4, 0.5) is 0 Å². The highest BCUT2D eigenvalue weighted by molar-refractivity contribution is 5.70. The van der Waals surface area contributed by atoms with Crippen LogP contribution in [0.2, 0.25) is 0 Å². The molecule has 0 aliphatic heterocycles. The Balaban J connectivity index is 4.32. The number of unbranched alkanes of at least 4 members (excludes halogenated alkanes) is 23. The van der Waals surface area contributed by atoms with Gasteiger partial charge < -0.3 is 28.6 Å². The lowest BCUT2D eigenvalue weighted by atomic mass is 10.1. The van der Waals surface area contributed by atoms with Crippen molar-refractivity contribution in [3.8, 4) is 0 Å². The van der Waals surface area contributed by atoms with E-state index in [1.54, 1.807) is 21.1 Å². The summed E-state index contributed by atoms with van der Waals surface area (Å²) in [6, 6.07) is -0.725. The molecule has 0 N–H and O–H groups in total. The first-order chi connectivity index (χ1) is 26.6. The number of hydrogen-bond donors (Lipinski definition) is 0. The average molecular weight is 778 g/mol. The molecule has 0 aromatic rings. The molecule has 0 aromatic heterocycles. The van der Waals surface area contributed by atoms with Gasteiger partial charge >= 0.3 is 11.9 Å². The van der Waals surface area contributed by atoms with Crippen LogP contribution in [0.3, 0.4) is 0 Å². The van der Waals surface area contributed by atoms with Crippen molar-refractivity contribution in [1.29, 1.82) is 0 Å². The van der Waals surface area contributed by atoms with Gasteiger partial charge in [-0.05, 0) is 64.2 Å². The SMILES string of the molecule is CCCCCC/C=C\CCCCCCCC(=O)OCC(COCCC(C(=O)[O-])[N+](C)(C)C)OC(=O)CCCCCCCCC/C=C\CCCCCCCCC. The Morgan fingerprint density at radius 2 is 0.909 bits per heavy atom. The Kier molecular flexibility index (Phi) is 37.1. The predicted molar refractivity (Wildman–Crippen MR) is 227 cm³/mol. The molecule has 0 radical (unpaired) electrons. The summed E-state index contributed by atoms with van der Waals surface area (Å²) in [5.41, 5.74) is 0. The highest BCUT2D eigenvalue weighted by Gasteiger charge is 2.25. The van der Waals surface area contributed by atoms with Crippen molar-refractivity contribution in [2.75, 3.05) is 41.0 Å². The lowest BCUT2D eigenvalue weighted by Gasteiger charge is -2.34. The highest BCUT2D eigenvalue weighted by atomic mass is 16.6. The van der Waals surface area contributed by atoms with Crippen LogP contribution in [-0.2, 0) is 28.6 Å². The fraction of sp³-hybridized carbons (Fsp3) is 0.851. The molecule has 0 fully saturated rings. The zero-order chi connectivity index (χ0) is 40.7. The number of ether oxygens (including phenoxy) is 3.